The molecule has 6 heteroatoms. The van der Waals surface area contributed by atoms with Crippen molar-refractivity contribution in [2.24, 2.45) is 9.98 Å². The van der Waals surface area contributed by atoms with Crippen LogP contribution in [0.2, 0.25) is 5.32 Å². The summed E-state index contributed by atoms with van der Waals surface area (Å²) in [7, 11) is 0. The minimum Gasteiger partial charge on any atom is -1.00 e. The van der Waals surface area contributed by atoms with Gasteiger partial charge in [-0.2, -0.15) is 0 Å². The summed E-state index contributed by atoms with van der Waals surface area (Å²) >= 11 is 3.71. The first-order valence-corrected chi connectivity index (χ1v) is 10.4. The molecule has 0 unspecified atom stereocenters. The number of aromatic nitrogens is 1. The third-order valence-electron chi connectivity index (χ3n) is 4.43. The number of benzene rings is 2. The predicted octanol–water partition coefficient (Wildman–Crippen LogP) is 0.622. The minimum absolute atomic E-state index is 0. The van der Waals surface area contributed by atoms with Crippen molar-refractivity contribution < 1.29 is 40.8 Å². The van der Waals surface area contributed by atoms with Crippen LogP contribution in [0.15, 0.2) is 70.9 Å². The van der Waals surface area contributed by atoms with E-state index in [-0.39, 0.29) is 24.8 Å². The molecule has 0 fully saturated rings. The number of halogens is 2. The molecule has 0 atom stereocenters. The fourth-order valence-corrected chi connectivity index (χ4v) is 3.00. The van der Waals surface area contributed by atoms with Gasteiger partial charge in [0.25, 0.3) is 0 Å². The zero-order valence-corrected chi connectivity index (χ0v) is 20.9. The van der Waals surface area contributed by atoms with Gasteiger partial charge < -0.3 is 24.8 Å². The van der Waals surface area contributed by atoms with Crippen LogP contribution in [0.1, 0.15) is 27.8 Å². The smallest absolute Gasteiger partial charge is 1.00 e. The van der Waals surface area contributed by atoms with E-state index in [1.54, 1.807) is 6.20 Å². The first kappa shape index (κ1) is 29.0. The van der Waals surface area contributed by atoms with Gasteiger partial charge in [0.15, 0.2) is 0 Å². The van der Waals surface area contributed by atoms with E-state index in [0.717, 1.165) is 23.1 Å². The van der Waals surface area contributed by atoms with Crippen molar-refractivity contribution in [2.45, 2.75) is 39.4 Å². The summed E-state index contributed by atoms with van der Waals surface area (Å²) in [5, 5.41) is 0.744. The molecule has 165 valence electrons. The van der Waals surface area contributed by atoms with Gasteiger partial charge in [0.05, 0.1) is 5.69 Å². The number of para-hydroxylation sites is 2. The third-order valence-corrected chi connectivity index (χ3v) is 4.64. The van der Waals surface area contributed by atoms with E-state index < -0.39 is 0 Å². The molecule has 0 N–H and O–H groups in total. The fraction of sp³-hybridized carbons (Fsp3) is 0.240. The average Bonchev–Trinajstić information content (AvgIpc) is 2.71. The molecular formula is C25H28Cl2FeN3. The number of hydrogen-bond donors (Lipinski definition) is 0. The Morgan fingerprint density at radius 1 is 0.742 bits per heavy atom. The Morgan fingerprint density at radius 2 is 1.23 bits per heavy atom. The summed E-state index contributed by atoms with van der Waals surface area (Å²) < 4.78 is 0. The molecule has 3 rings (SSSR count). The molecule has 0 amide bonds. The number of rotatable bonds is 5. The average molecular weight is 497 g/mol. The topological polar surface area (TPSA) is 37.6 Å². The van der Waals surface area contributed by atoms with Gasteiger partial charge in [-0.1, -0.05) is 24.3 Å². The Bertz CT molecular complexity index is 933. The number of pyridine rings is 1. The van der Waals surface area contributed by atoms with Crippen LogP contribution < -0.4 is 24.8 Å². The molecular weight excluding hydrogens is 469 g/mol. The first-order valence-electron chi connectivity index (χ1n) is 9.63. The summed E-state index contributed by atoms with van der Waals surface area (Å²) in [6.07, 6.45) is 8.27. The normalized spacial score (nSPS) is 10.2. The SMILES string of the molecule is Cc1cccc(C)c1N=CCc1cccnc1.Cc1cccc(C)c1N=C[CH2][Fe+2].[Cl-].[Cl-]. The summed E-state index contributed by atoms with van der Waals surface area (Å²) in [5.74, 6) is 0. The zero-order chi connectivity index (χ0) is 21.1. The second-order valence-electron chi connectivity index (χ2n) is 6.81. The maximum atomic E-state index is 4.55. The van der Waals surface area contributed by atoms with E-state index in [1.165, 1.54) is 27.8 Å². The molecule has 2 aromatic carbocycles. The maximum Gasteiger partial charge on any atom is -1.00 e. The fourth-order valence-electron chi connectivity index (χ4n) is 2.90. The van der Waals surface area contributed by atoms with E-state index >= 15 is 0 Å². The zero-order valence-electron chi connectivity index (χ0n) is 18.3. The van der Waals surface area contributed by atoms with Crippen LogP contribution in [0.3, 0.4) is 0 Å². The van der Waals surface area contributed by atoms with Crippen molar-refractivity contribution >= 4 is 23.8 Å². The Labute approximate surface area is 207 Å². The van der Waals surface area contributed by atoms with Crippen LogP contribution in [0, 0.1) is 27.7 Å². The van der Waals surface area contributed by atoms with E-state index in [4.69, 9.17) is 0 Å². The predicted molar refractivity (Wildman–Crippen MR) is 121 cm³/mol. The number of aryl methyl sites for hydroxylation is 4. The van der Waals surface area contributed by atoms with E-state index in [2.05, 4.69) is 95.1 Å². The minimum atomic E-state index is 0. The van der Waals surface area contributed by atoms with Gasteiger partial charge in [-0.05, 0) is 36.6 Å². The van der Waals surface area contributed by atoms with Crippen LogP contribution in [-0.4, -0.2) is 17.4 Å². The number of aliphatic imine (C=N–C) groups is 2. The Hall–Kier alpha value is -1.97. The quantitative estimate of drug-likeness (QED) is 0.377. The van der Waals surface area contributed by atoms with Crippen molar-refractivity contribution in [3.05, 3.63) is 88.7 Å². The summed E-state index contributed by atoms with van der Waals surface area (Å²) in [4.78, 5) is 13.0. The molecule has 0 spiro atoms. The maximum absolute atomic E-state index is 4.55. The van der Waals surface area contributed by atoms with Gasteiger partial charge in [0.2, 0.25) is 0 Å². The van der Waals surface area contributed by atoms with Gasteiger partial charge in [0.1, 0.15) is 0 Å². The molecule has 0 saturated carbocycles. The van der Waals surface area contributed by atoms with E-state index in [0.29, 0.717) is 0 Å². The van der Waals surface area contributed by atoms with Crippen molar-refractivity contribution in [1.29, 1.82) is 0 Å². The van der Waals surface area contributed by atoms with Crippen LogP contribution >= 0.6 is 0 Å². The first-order chi connectivity index (χ1) is 14.0. The van der Waals surface area contributed by atoms with Gasteiger partial charge in [-0.15, -0.1) is 0 Å². The molecule has 1 aromatic heterocycles. The Morgan fingerprint density at radius 3 is 1.65 bits per heavy atom. The van der Waals surface area contributed by atoms with Crippen LogP contribution in [0.25, 0.3) is 0 Å². The van der Waals surface area contributed by atoms with Crippen molar-refractivity contribution in [3.63, 3.8) is 0 Å². The largest absolute Gasteiger partial charge is 1.00 e. The van der Waals surface area contributed by atoms with E-state index in [9.17, 15) is 0 Å². The molecule has 0 aliphatic heterocycles. The van der Waals surface area contributed by atoms with Crippen molar-refractivity contribution in [3.8, 4) is 0 Å². The Balaban J connectivity index is 0.000000575. The van der Waals surface area contributed by atoms with Gasteiger partial charge in [0, 0.05) is 25.0 Å². The Kier molecular flexibility index (Phi) is 14.8. The third kappa shape index (κ3) is 9.80. The van der Waals surface area contributed by atoms with Crippen LogP contribution in [0.5, 0.6) is 0 Å². The number of hydrogen-bond acceptors (Lipinski definition) is 3. The molecule has 3 aromatic rings. The van der Waals surface area contributed by atoms with Crippen LogP contribution in [0.4, 0.5) is 11.4 Å². The summed E-state index contributed by atoms with van der Waals surface area (Å²) in [6, 6.07) is 16.4. The van der Waals surface area contributed by atoms with Crippen molar-refractivity contribution in [2.75, 3.05) is 0 Å². The molecule has 0 aliphatic carbocycles. The van der Waals surface area contributed by atoms with E-state index in [1.807, 2.05) is 30.8 Å². The summed E-state index contributed by atoms with van der Waals surface area (Å²) in [5.41, 5.74) is 8.22. The molecule has 3 nitrogen and oxygen atoms in total. The molecule has 0 bridgehead atoms. The molecule has 0 aliphatic rings. The van der Waals surface area contributed by atoms with Crippen LogP contribution in [-0.2, 0) is 22.4 Å². The second-order valence-corrected chi connectivity index (χ2v) is 7.26. The molecule has 0 saturated heterocycles. The molecule has 31 heavy (non-hydrogen) atoms. The second kappa shape index (κ2) is 15.8. The molecule has 1 heterocycles. The summed E-state index contributed by atoms with van der Waals surface area (Å²) in [6.45, 7) is 8.32. The van der Waals surface area contributed by atoms with Gasteiger partial charge in [-0.3, -0.25) is 9.98 Å². The van der Waals surface area contributed by atoms with Gasteiger partial charge >= 0.3 is 81.4 Å². The number of nitrogens with zero attached hydrogens (tertiary/aromatic N) is 3. The standard InChI is InChI=1S/C15H16N2.C10H12N.2ClH.Fe/c1-12-5-3-6-13(2)15(12)17-10-8-14-7-4-9-16-11-14;1-4-11-10-8(2)6-5-7-9(10)3;;;/h3-7,9-11H,8H2,1-2H3;4-7H,1H2,2-3H3;2*1H;/q;;;;+2/p-2. The monoisotopic (exact) mass is 496 g/mol. The van der Waals surface area contributed by atoms with Crippen molar-refractivity contribution in [1.82, 2.24) is 4.98 Å². The molecule has 0 radical (unpaired) electrons. The van der Waals surface area contributed by atoms with Gasteiger partial charge in [-0.25, -0.2) is 0 Å².